The van der Waals surface area contributed by atoms with Gasteiger partial charge in [0.25, 0.3) is 0 Å². The van der Waals surface area contributed by atoms with Crippen LogP contribution in [0.15, 0.2) is 27.5 Å². The zero-order valence-corrected chi connectivity index (χ0v) is 5.82. The molecule has 0 fully saturated rings. The second-order valence-corrected chi connectivity index (χ2v) is 2.11. The molecule has 0 amide bonds. The summed E-state index contributed by atoms with van der Waals surface area (Å²) in [5.41, 5.74) is -1.16. The molecule has 0 aliphatic carbocycles. The van der Waals surface area contributed by atoms with Crippen molar-refractivity contribution in [2.75, 3.05) is 0 Å². The Balaban J connectivity index is 3.77. The molecule has 0 N–H and O–H groups in total. The van der Waals surface area contributed by atoms with Gasteiger partial charge in [-0.2, -0.15) is 0 Å². The second-order valence-electron chi connectivity index (χ2n) is 1.32. The maximum Gasteiger partial charge on any atom is 0.250 e. The summed E-state index contributed by atoms with van der Waals surface area (Å²) < 4.78 is 43.0. The van der Waals surface area contributed by atoms with Crippen molar-refractivity contribution < 1.29 is 8.22 Å². The van der Waals surface area contributed by atoms with Crippen LogP contribution in [0, 0.1) is 0 Å². The largest absolute Gasteiger partial charge is 0.317 e. The Kier molecular flexibility index (Phi) is 0.584. The Morgan fingerprint density at radius 1 is 1.89 bits per heavy atom. The Bertz CT molecular complexity index is 464. The van der Waals surface area contributed by atoms with Crippen molar-refractivity contribution in [2.45, 2.75) is 0 Å². The Labute approximate surface area is 69.7 Å². The van der Waals surface area contributed by atoms with Crippen LogP contribution in [0.25, 0.3) is 0 Å². The Hall–Kier alpha value is -0.570. The van der Waals surface area contributed by atoms with Gasteiger partial charge < -0.3 is 4.57 Å². The van der Waals surface area contributed by atoms with Crippen LogP contribution in [0.4, 0.5) is 0 Å². The zero-order valence-electron chi connectivity index (χ0n) is 10.2. The lowest BCUT2D eigenvalue weighted by molar-refractivity contribution is 0.855. The van der Waals surface area contributed by atoms with Crippen LogP contribution in [-0.4, -0.2) is 4.57 Å². The molecule has 9 heavy (non-hydrogen) atoms. The number of hydrogen-bond donors (Lipinski definition) is 0. The molecule has 1 aromatic rings. The summed E-state index contributed by atoms with van der Waals surface area (Å²) in [5, 5.41) is 0. The highest BCUT2D eigenvalue weighted by Crippen LogP contribution is 2.02. The van der Waals surface area contributed by atoms with Gasteiger partial charge in [0.15, 0.2) is 0 Å². The summed E-state index contributed by atoms with van der Waals surface area (Å²) in [4.78, 5) is 11.4. The third kappa shape index (κ3) is 1.42. The maximum atomic E-state index is 11.4. The number of hydrogen-bond acceptors (Lipinski definition) is 1. The lowest BCUT2D eigenvalue weighted by Gasteiger charge is -1.93. The highest BCUT2D eigenvalue weighted by molar-refractivity contribution is 9.10. The average Bonchev–Trinajstić information content (AvgIpc) is 2.09. The Morgan fingerprint density at radius 3 is 3.33 bits per heavy atom. The van der Waals surface area contributed by atoms with Crippen LogP contribution in [0.1, 0.15) is 8.22 Å². The van der Waals surface area contributed by atoms with Crippen molar-refractivity contribution in [3.05, 3.63) is 33.1 Å². The molecule has 0 saturated carbocycles. The summed E-state index contributed by atoms with van der Waals surface area (Å²) in [6, 6.07) is -1.22. The normalized spacial score (nSPS) is 20.6. The fraction of sp³-hybridized carbons (Fsp3) is 0.167. The van der Waals surface area contributed by atoms with E-state index < -0.39 is 30.8 Å². The predicted molar refractivity (Wildman–Crippen MR) is 39.4 cm³/mol. The third-order valence-electron chi connectivity index (χ3n) is 0.692. The number of pyridine rings is 1. The van der Waals surface area contributed by atoms with E-state index in [1.807, 2.05) is 0 Å². The van der Waals surface area contributed by atoms with Crippen LogP contribution in [0.5, 0.6) is 0 Å². The number of nitrogens with zero attached hydrogens (tertiary/aromatic N) is 1. The SMILES string of the molecule is [2H]c1c(Br)c([2H])n(C([2H])([2H])[2H])c(=O)c1[2H]. The minimum Gasteiger partial charge on any atom is -0.317 e. The molecule has 0 aliphatic heterocycles. The summed E-state index contributed by atoms with van der Waals surface area (Å²) in [6.45, 7) is -2.82. The van der Waals surface area contributed by atoms with Gasteiger partial charge in [-0.25, -0.2) is 0 Å². The van der Waals surface area contributed by atoms with Gasteiger partial charge in [0.1, 0.15) is 0 Å². The third-order valence-corrected chi connectivity index (χ3v) is 1.07. The average molecular weight is 194 g/mol. The van der Waals surface area contributed by atoms with Crippen molar-refractivity contribution in [1.29, 1.82) is 0 Å². The first kappa shape index (κ1) is 2.23. The van der Waals surface area contributed by atoms with Crippen molar-refractivity contribution in [3.63, 3.8) is 0 Å². The molecule has 48 valence electrons. The fourth-order valence-corrected chi connectivity index (χ4v) is 0.618. The summed E-state index contributed by atoms with van der Waals surface area (Å²) in [5.74, 6) is 0. The van der Waals surface area contributed by atoms with Crippen LogP contribution in [0.3, 0.4) is 0 Å². The second kappa shape index (κ2) is 2.35. The van der Waals surface area contributed by atoms with E-state index in [0.29, 0.717) is 0 Å². The van der Waals surface area contributed by atoms with Gasteiger partial charge in [-0.15, -0.1) is 0 Å². The van der Waals surface area contributed by atoms with E-state index in [-0.39, 0.29) is 9.04 Å². The van der Waals surface area contributed by atoms with E-state index in [9.17, 15) is 4.79 Å². The zero-order chi connectivity index (χ0) is 12.0. The summed E-state index contributed by atoms with van der Waals surface area (Å²) >= 11 is 2.80. The van der Waals surface area contributed by atoms with Crippen LogP contribution in [-0.2, 0) is 6.98 Å². The van der Waals surface area contributed by atoms with Crippen molar-refractivity contribution in [3.8, 4) is 0 Å². The molecule has 0 spiro atoms. The molecule has 0 atom stereocenters. The molecule has 0 unspecified atom stereocenters. The molecule has 1 aromatic heterocycles. The van der Waals surface area contributed by atoms with Crippen LogP contribution in [0.2, 0.25) is 0 Å². The topological polar surface area (TPSA) is 22.0 Å². The summed E-state index contributed by atoms with van der Waals surface area (Å²) in [6.07, 6.45) is -0.624. The van der Waals surface area contributed by atoms with Crippen molar-refractivity contribution in [2.24, 2.45) is 6.98 Å². The van der Waals surface area contributed by atoms with Crippen molar-refractivity contribution >= 4 is 15.9 Å². The van der Waals surface area contributed by atoms with Gasteiger partial charge in [-0.05, 0) is 22.0 Å². The van der Waals surface area contributed by atoms with E-state index in [0.717, 1.165) is 0 Å². The fourth-order valence-electron chi connectivity index (χ4n) is 0.341. The molecule has 0 aliphatic rings. The predicted octanol–water partition coefficient (Wildman–Crippen LogP) is 1.15. The van der Waals surface area contributed by atoms with Crippen LogP contribution >= 0.6 is 15.9 Å². The minimum absolute atomic E-state index is 0.178. The monoisotopic (exact) mass is 193 g/mol. The molecule has 1 heterocycles. The molecule has 3 heteroatoms. The van der Waals surface area contributed by atoms with E-state index in [4.69, 9.17) is 8.22 Å². The molecular formula is C6H6BrNO. The van der Waals surface area contributed by atoms with E-state index in [1.165, 1.54) is 0 Å². The van der Waals surface area contributed by atoms with Gasteiger partial charge >= 0.3 is 0 Å². The van der Waals surface area contributed by atoms with E-state index in [2.05, 4.69) is 15.9 Å². The van der Waals surface area contributed by atoms with Crippen LogP contribution < -0.4 is 5.56 Å². The first-order valence-corrected chi connectivity index (χ1v) is 2.86. The molecule has 0 saturated heterocycles. The molecule has 1 rings (SSSR count). The smallest absolute Gasteiger partial charge is 0.250 e. The quantitative estimate of drug-likeness (QED) is 0.607. The van der Waals surface area contributed by atoms with Crippen molar-refractivity contribution in [1.82, 2.24) is 4.57 Å². The van der Waals surface area contributed by atoms with Gasteiger partial charge in [0.2, 0.25) is 5.56 Å². The Morgan fingerprint density at radius 2 is 2.67 bits per heavy atom. The lowest BCUT2D eigenvalue weighted by Crippen LogP contribution is -2.13. The first-order chi connectivity index (χ1) is 6.68. The molecule has 0 bridgehead atoms. The van der Waals surface area contributed by atoms with Gasteiger partial charge in [-0.3, -0.25) is 4.79 Å². The molecule has 0 radical (unpaired) electrons. The first-order valence-electron chi connectivity index (χ1n) is 5.06. The van der Waals surface area contributed by atoms with E-state index in [1.54, 1.807) is 0 Å². The highest BCUT2D eigenvalue weighted by Gasteiger charge is 1.87. The number of aromatic nitrogens is 1. The van der Waals surface area contributed by atoms with Gasteiger partial charge in [-0.1, -0.05) is 0 Å². The highest BCUT2D eigenvalue weighted by atomic mass is 79.9. The molecule has 0 aromatic carbocycles. The van der Waals surface area contributed by atoms with E-state index >= 15 is 0 Å². The lowest BCUT2D eigenvalue weighted by atomic mass is 10.5. The maximum absolute atomic E-state index is 11.4. The summed E-state index contributed by atoms with van der Waals surface area (Å²) in [7, 11) is 0. The van der Waals surface area contributed by atoms with Gasteiger partial charge in [0.05, 0.1) is 4.11 Å². The molecular weight excluding hydrogens is 182 g/mol. The van der Waals surface area contributed by atoms with Gasteiger partial charge in [0, 0.05) is 27.8 Å². The standard InChI is InChI=1S/C6H6BrNO/c1-8-4-5(7)2-3-6(8)9/h2-4H,1H3/i1D3,2D,3D,4D. The minimum atomic E-state index is -2.82. The molecule has 2 nitrogen and oxygen atoms in total. The number of halogens is 1. The number of rotatable bonds is 0.